The highest BCUT2D eigenvalue weighted by atomic mass is 16.5. The average Bonchev–Trinajstić information content (AvgIpc) is 3.52. The standard InChI is InChI=1S/C23H44O2/c1-2-3-4-5-6-7-8-9-10-11-12-13-14-15-18-24-23-19-21(23)20-25-22-16-17-22/h21-23H,2-20H2,1H3. The third-order valence-corrected chi connectivity index (χ3v) is 5.76. The largest absolute Gasteiger partial charge is 0.378 e. The minimum atomic E-state index is 0.528. The van der Waals surface area contributed by atoms with E-state index in [-0.39, 0.29) is 0 Å². The highest BCUT2D eigenvalue weighted by Gasteiger charge is 2.39. The number of unbranched alkanes of at least 4 members (excludes halogenated alkanes) is 13. The van der Waals surface area contributed by atoms with Crippen molar-refractivity contribution in [1.29, 1.82) is 0 Å². The summed E-state index contributed by atoms with van der Waals surface area (Å²) in [7, 11) is 0. The van der Waals surface area contributed by atoms with Crippen molar-refractivity contribution in [1.82, 2.24) is 0 Å². The first kappa shape index (κ1) is 21.2. The van der Waals surface area contributed by atoms with Gasteiger partial charge in [0, 0.05) is 12.5 Å². The highest BCUT2D eigenvalue weighted by molar-refractivity contribution is 4.88. The lowest BCUT2D eigenvalue weighted by Gasteiger charge is -2.05. The normalized spacial score (nSPS) is 22.4. The molecule has 2 rings (SSSR count). The predicted octanol–water partition coefficient (Wildman–Crippen LogP) is 7.05. The molecule has 0 aliphatic heterocycles. The first-order valence-corrected chi connectivity index (χ1v) is 11.6. The molecule has 2 unspecified atom stereocenters. The van der Waals surface area contributed by atoms with Gasteiger partial charge in [-0.05, 0) is 25.7 Å². The molecule has 2 nitrogen and oxygen atoms in total. The monoisotopic (exact) mass is 352 g/mol. The molecule has 0 aromatic heterocycles. The van der Waals surface area contributed by atoms with Crippen molar-refractivity contribution in [2.45, 2.75) is 128 Å². The summed E-state index contributed by atoms with van der Waals surface area (Å²) >= 11 is 0. The van der Waals surface area contributed by atoms with Crippen LogP contribution in [0.1, 0.15) is 116 Å². The van der Waals surface area contributed by atoms with Gasteiger partial charge in [-0.1, -0.05) is 90.4 Å². The molecule has 0 amide bonds. The van der Waals surface area contributed by atoms with E-state index in [0.717, 1.165) is 13.2 Å². The molecule has 2 saturated carbocycles. The number of ether oxygens (including phenoxy) is 2. The Morgan fingerprint density at radius 2 is 1.16 bits per heavy atom. The molecule has 148 valence electrons. The van der Waals surface area contributed by atoms with Crippen LogP contribution < -0.4 is 0 Å². The van der Waals surface area contributed by atoms with E-state index in [1.165, 1.54) is 109 Å². The lowest BCUT2D eigenvalue weighted by Crippen LogP contribution is -2.05. The lowest BCUT2D eigenvalue weighted by atomic mass is 10.0. The third kappa shape index (κ3) is 12.0. The zero-order chi connectivity index (χ0) is 17.6. The summed E-state index contributed by atoms with van der Waals surface area (Å²) in [6.07, 6.45) is 24.9. The maximum absolute atomic E-state index is 5.95. The molecule has 0 radical (unpaired) electrons. The van der Waals surface area contributed by atoms with E-state index < -0.39 is 0 Å². The minimum Gasteiger partial charge on any atom is -0.378 e. The first-order valence-electron chi connectivity index (χ1n) is 11.6. The van der Waals surface area contributed by atoms with E-state index in [2.05, 4.69) is 6.92 Å². The molecule has 2 atom stereocenters. The Hall–Kier alpha value is -0.0800. The van der Waals surface area contributed by atoms with Gasteiger partial charge in [-0.15, -0.1) is 0 Å². The average molecular weight is 353 g/mol. The molecule has 0 spiro atoms. The van der Waals surface area contributed by atoms with Gasteiger partial charge in [0.2, 0.25) is 0 Å². The van der Waals surface area contributed by atoms with Gasteiger partial charge in [-0.25, -0.2) is 0 Å². The van der Waals surface area contributed by atoms with E-state index in [1.54, 1.807) is 0 Å². The zero-order valence-electron chi connectivity index (χ0n) is 17.0. The van der Waals surface area contributed by atoms with Crippen LogP contribution in [-0.2, 0) is 9.47 Å². The molecule has 0 aromatic carbocycles. The predicted molar refractivity (Wildman–Crippen MR) is 107 cm³/mol. The lowest BCUT2D eigenvalue weighted by molar-refractivity contribution is 0.0667. The van der Waals surface area contributed by atoms with Crippen LogP contribution in [0.4, 0.5) is 0 Å². The summed E-state index contributed by atoms with van der Waals surface area (Å²) < 4.78 is 11.7. The van der Waals surface area contributed by atoms with Crippen LogP contribution in [0.15, 0.2) is 0 Å². The van der Waals surface area contributed by atoms with Crippen LogP contribution in [0.2, 0.25) is 0 Å². The van der Waals surface area contributed by atoms with Crippen LogP contribution in [0.5, 0.6) is 0 Å². The minimum absolute atomic E-state index is 0.528. The van der Waals surface area contributed by atoms with Crippen LogP contribution in [-0.4, -0.2) is 25.4 Å². The Kier molecular flexibility index (Phi) is 11.9. The number of hydrogen-bond acceptors (Lipinski definition) is 2. The van der Waals surface area contributed by atoms with Crippen LogP contribution >= 0.6 is 0 Å². The molecular weight excluding hydrogens is 308 g/mol. The van der Waals surface area contributed by atoms with Crippen molar-refractivity contribution in [3.05, 3.63) is 0 Å². The Balaban J connectivity index is 1.20. The van der Waals surface area contributed by atoms with E-state index in [1.807, 2.05) is 0 Å². The van der Waals surface area contributed by atoms with Crippen molar-refractivity contribution in [3.63, 3.8) is 0 Å². The van der Waals surface area contributed by atoms with Crippen molar-refractivity contribution in [3.8, 4) is 0 Å². The zero-order valence-corrected chi connectivity index (χ0v) is 17.0. The summed E-state index contributed by atoms with van der Waals surface area (Å²) in [5.74, 6) is 0.715. The number of hydrogen-bond donors (Lipinski definition) is 0. The molecule has 25 heavy (non-hydrogen) atoms. The van der Waals surface area contributed by atoms with Crippen LogP contribution in [0, 0.1) is 5.92 Å². The van der Waals surface area contributed by atoms with Gasteiger partial charge in [0.05, 0.1) is 18.8 Å². The van der Waals surface area contributed by atoms with Crippen molar-refractivity contribution < 1.29 is 9.47 Å². The second-order valence-corrected chi connectivity index (χ2v) is 8.53. The summed E-state index contributed by atoms with van der Waals surface area (Å²) in [6.45, 7) is 4.22. The van der Waals surface area contributed by atoms with Gasteiger partial charge in [-0.2, -0.15) is 0 Å². The molecule has 0 bridgehead atoms. The summed E-state index contributed by atoms with van der Waals surface area (Å²) in [4.78, 5) is 0. The van der Waals surface area contributed by atoms with Crippen molar-refractivity contribution in [2.75, 3.05) is 13.2 Å². The molecule has 2 fully saturated rings. The summed E-state index contributed by atoms with van der Waals surface area (Å²) in [5, 5.41) is 0. The van der Waals surface area contributed by atoms with Gasteiger partial charge < -0.3 is 9.47 Å². The van der Waals surface area contributed by atoms with Gasteiger partial charge >= 0.3 is 0 Å². The van der Waals surface area contributed by atoms with E-state index >= 15 is 0 Å². The second-order valence-electron chi connectivity index (χ2n) is 8.53. The van der Waals surface area contributed by atoms with E-state index in [4.69, 9.17) is 9.47 Å². The van der Waals surface area contributed by atoms with Crippen LogP contribution in [0.3, 0.4) is 0 Å². The number of rotatable bonds is 19. The summed E-state index contributed by atoms with van der Waals surface area (Å²) in [6, 6.07) is 0. The Morgan fingerprint density at radius 1 is 0.640 bits per heavy atom. The molecule has 0 heterocycles. The Morgan fingerprint density at radius 3 is 1.68 bits per heavy atom. The Labute approximate surface area is 157 Å². The SMILES string of the molecule is CCCCCCCCCCCCCCCCOC1CC1COC1CC1. The molecule has 0 aromatic rings. The van der Waals surface area contributed by atoms with Gasteiger partial charge in [0.15, 0.2) is 0 Å². The molecule has 2 aliphatic rings. The van der Waals surface area contributed by atoms with Gasteiger partial charge in [0.25, 0.3) is 0 Å². The van der Waals surface area contributed by atoms with Gasteiger partial charge in [0.1, 0.15) is 0 Å². The summed E-state index contributed by atoms with van der Waals surface area (Å²) in [5.41, 5.74) is 0. The molecule has 2 aliphatic carbocycles. The fourth-order valence-electron chi connectivity index (χ4n) is 3.63. The molecule has 2 heteroatoms. The van der Waals surface area contributed by atoms with Crippen molar-refractivity contribution >= 4 is 0 Å². The maximum atomic E-state index is 5.95. The Bertz CT molecular complexity index is 300. The quantitative estimate of drug-likeness (QED) is 0.232. The third-order valence-electron chi connectivity index (χ3n) is 5.76. The first-order chi connectivity index (χ1) is 12.4. The fourth-order valence-corrected chi connectivity index (χ4v) is 3.63. The molecular formula is C23H44O2. The van der Waals surface area contributed by atoms with Crippen molar-refractivity contribution in [2.24, 2.45) is 5.92 Å². The smallest absolute Gasteiger partial charge is 0.0630 e. The molecule has 0 saturated heterocycles. The van der Waals surface area contributed by atoms with Crippen LogP contribution in [0.25, 0.3) is 0 Å². The highest BCUT2D eigenvalue weighted by Crippen LogP contribution is 2.36. The molecule has 0 N–H and O–H groups in total. The maximum Gasteiger partial charge on any atom is 0.0630 e. The van der Waals surface area contributed by atoms with E-state index in [9.17, 15) is 0 Å². The fraction of sp³-hybridized carbons (Fsp3) is 1.00. The van der Waals surface area contributed by atoms with E-state index in [0.29, 0.717) is 18.1 Å². The van der Waals surface area contributed by atoms with Gasteiger partial charge in [-0.3, -0.25) is 0 Å². The topological polar surface area (TPSA) is 18.5 Å². The second kappa shape index (κ2) is 14.0.